The van der Waals surface area contributed by atoms with E-state index in [9.17, 15) is 0 Å². The number of benzene rings is 7. The predicted molar refractivity (Wildman–Crippen MR) is 222 cm³/mol. The number of nitrogens with zero attached hydrogens (tertiary/aromatic N) is 4. The van der Waals surface area contributed by atoms with E-state index in [-0.39, 0.29) is 29.7 Å². The monoisotopic (exact) mass is 695 g/mol. The van der Waals surface area contributed by atoms with Gasteiger partial charge in [-0.15, -0.1) is 0 Å². The first-order valence-electron chi connectivity index (χ1n) is 20.3. The quantitative estimate of drug-likeness (QED) is 0.166. The Hall–Kier alpha value is -7.30. The van der Waals surface area contributed by atoms with Crippen molar-refractivity contribution in [3.05, 3.63) is 206 Å². The van der Waals surface area contributed by atoms with Crippen LogP contribution in [0.25, 0.3) is 89.7 Å². The molecule has 3 heterocycles. The zero-order chi connectivity index (χ0) is 40.2. The molecular weight excluding hydrogens is 657 g/mol. The first-order valence-corrected chi connectivity index (χ1v) is 17.8. The molecular formula is C50H34N4. The van der Waals surface area contributed by atoms with Crippen LogP contribution in [0, 0.1) is 0 Å². The van der Waals surface area contributed by atoms with E-state index in [4.69, 9.17) is 16.8 Å². The molecule has 254 valence electrons. The Morgan fingerprint density at radius 1 is 0.426 bits per heavy atom. The SMILES string of the molecule is [2H]c1c([2H])c([2H])c(-c2cc(-c3ccc(-c4nc5ccccc5n4-c4ccccc4)cc3)cc(-c3ccc(-c4c(-c5ccccc5)nc5ccccn45)cc3)c2)c([2H])c1[2H]. The second-order valence-electron chi connectivity index (χ2n) is 13.2. The maximum atomic E-state index is 8.86. The summed E-state index contributed by atoms with van der Waals surface area (Å²) in [4.78, 5) is 10.0. The summed E-state index contributed by atoms with van der Waals surface area (Å²) in [6, 6.07) is 55.2. The van der Waals surface area contributed by atoms with Gasteiger partial charge in [-0.25, -0.2) is 9.97 Å². The molecule has 10 rings (SSSR count). The summed E-state index contributed by atoms with van der Waals surface area (Å²) in [5.41, 5.74) is 12.8. The van der Waals surface area contributed by atoms with Gasteiger partial charge in [0.1, 0.15) is 11.5 Å². The lowest BCUT2D eigenvalue weighted by Gasteiger charge is -2.13. The van der Waals surface area contributed by atoms with Gasteiger partial charge in [0, 0.05) is 28.6 Å². The van der Waals surface area contributed by atoms with Crippen LogP contribution < -0.4 is 0 Å². The number of hydrogen-bond acceptors (Lipinski definition) is 2. The number of pyridine rings is 1. The van der Waals surface area contributed by atoms with Gasteiger partial charge in [-0.2, -0.15) is 0 Å². The number of fused-ring (bicyclic) bond motifs is 2. The molecule has 4 nitrogen and oxygen atoms in total. The summed E-state index contributed by atoms with van der Waals surface area (Å²) in [5, 5.41) is 0. The maximum absolute atomic E-state index is 8.86. The third kappa shape index (κ3) is 5.67. The largest absolute Gasteiger partial charge is 0.299 e. The smallest absolute Gasteiger partial charge is 0.145 e. The molecule has 0 amide bonds. The van der Waals surface area contributed by atoms with Crippen molar-refractivity contribution in [1.29, 1.82) is 0 Å². The average Bonchev–Trinajstić information content (AvgIpc) is 3.88. The summed E-state index contributed by atoms with van der Waals surface area (Å²) >= 11 is 0. The summed E-state index contributed by atoms with van der Waals surface area (Å²) < 4.78 is 47.1. The molecule has 10 aromatic rings. The molecule has 0 fully saturated rings. The summed E-state index contributed by atoms with van der Waals surface area (Å²) in [6.07, 6.45) is 2.02. The molecule has 0 N–H and O–H groups in total. The number of hydrogen-bond donors (Lipinski definition) is 0. The highest BCUT2D eigenvalue weighted by atomic mass is 15.1. The minimum absolute atomic E-state index is 0.155. The molecule has 4 heteroatoms. The van der Waals surface area contributed by atoms with Crippen molar-refractivity contribution in [3.63, 3.8) is 0 Å². The number of imidazole rings is 2. The third-order valence-electron chi connectivity index (χ3n) is 9.84. The number of aromatic nitrogens is 4. The Morgan fingerprint density at radius 2 is 1.00 bits per heavy atom. The zero-order valence-corrected chi connectivity index (χ0v) is 29.0. The van der Waals surface area contributed by atoms with Crippen molar-refractivity contribution in [3.8, 4) is 73.0 Å². The topological polar surface area (TPSA) is 35.1 Å². The zero-order valence-electron chi connectivity index (χ0n) is 34.0. The van der Waals surface area contributed by atoms with E-state index in [0.717, 1.165) is 78.5 Å². The summed E-state index contributed by atoms with van der Waals surface area (Å²) in [6.45, 7) is 0. The number of para-hydroxylation sites is 3. The fourth-order valence-corrected chi connectivity index (χ4v) is 7.26. The summed E-state index contributed by atoms with van der Waals surface area (Å²) in [5.74, 6) is 0.819. The third-order valence-corrected chi connectivity index (χ3v) is 9.84. The molecule has 0 aliphatic heterocycles. The van der Waals surface area contributed by atoms with E-state index in [1.807, 2.05) is 103 Å². The molecule has 0 aliphatic carbocycles. The lowest BCUT2D eigenvalue weighted by atomic mass is 9.92. The molecule has 7 aromatic carbocycles. The maximum Gasteiger partial charge on any atom is 0.145 e. The van der Waals surface area contributed by atoms with E-state index in [1.54, 1.807) is 0 Å². The van der Waals surface area contributed by atoms with Crippen LogP contribution in [0.5, 0.6) is 0 Å². The number of rotatable bonds is 7. The van der Waals surface area contributed by atoms with E-state index in [1.165, 1.54) is 0 Å². The van der Waals surface area contributed by atoms with E-state index < -0.39 is 6.04 Å². The van der Waals surface area contributed by atoms with Gasteiger partial charge < -0.3 is 0 Å². The van der Waals surface area contributed by atoms with Crippen LogP contribution in [0.15, 0.2) is 206 Å². The molecule has 0 bridgehead atoms. The van der Waals surface area contributed by atoms with Crippen molar-refractivity contribution in [1.82, 2.24) is 18.9 Å². The Kier molecular flexibility index (Phi) is 6.54. The van der Waals surface area contributed by atoms with Gasteiger partial charge >= 0.3 is 0 Å². The molecule has 0 atom stereocenters. The van der Waals surface area contributed by atoms with Gasteiger partial charge in [0.25, 0.3) is 0 Å². The fraction of sp³-hybridized carbons (Fsp3) is 0. The van der Waals surface area contributed by atoms with Gasteiger partial charge in [0.15, 0.2) is 0 Å². The van der Waals surface area contributed by atoms with Crippen LogP contribution in [0.1, 0.15) is 6.85 Å². The van der Waals surface area contributed by atoms with Gasteiger partial charge in [-0.05, 0) is 88.0 Å². The highest BCUT2D eigenvalue weighted by molar-refractivity contribution is 5.87. The van der Waals surface area contributed by atoms with Crippen molar-refractivity contribution in [2.75, 3.05) is 0 Å². The standard InChI is InChI=1S/C50H34N4/c1-4-14-35(15-5-1)41-32-42(36-23-27-39(28-24-36)49-48(38-16-6-2-7-17-38)52-47-22-12-13-31-53(47)49)34-43(33-41)37-25-29-40(30-26-37)50-51-45-20-10-11-21-46(45)54(50)44-18-8-3-9-19-44/h1-34H/i1D,4D,5D,14D,15D. The van der Waals surface area contributed by atoms with Crippen LogP contribution >= 0.6 is 0 Å². The molecule has 0 saturated carbocycles. The van der Waals surface area contributed by atoms with E-state index in [0.29, 0.717) is 5.56 Å². The van der Waals surface area contributed by atoms with Crippen molar-refractivity contribution in [2.24, 2.45) is 0 Å². The van der Waals surface area contributed by atoms with Crippen molar-refractivity contribution < 1.29 is 6.85 Å². The first kappa shape index (κ1) is 26.5. The van der Waals surface area contributed by atoms with Crippen LogP contribution in [-0.2, 0) is 0 Å². The summed E-state index contributed by atoms with van der Waals surface area (Å²) in [7, 11) is 0. The highest BCUT2D eigenvalue weighted by Crippen LogP contribution is 2.37. The lowest BCUT2D eigenvalue weighted by molar-refractivity contribution is 1.10. The second-order valence-corrected chi connectivity index (χ2v) is 13.2. The second kappa shape index (κ2) is 13.4. The van der Waals surface area contributed by atoms with Gasteiger partial charge in [0.2, 0.25) is 0 Å². The normalized spacial score (nSPS) is 12.6. The minimum atomic E-state index is -0.421. The van der Waals surface area contributed by atoms with Gasteiger partial charge in [0.05, 0.1) is 29.3 Å². The minimum Gasteiger partial charge on any atom is -0.299 e. The molecule has 54 heavy (non-hydrogen) atoms. The first-order chi connectivity index (χ1) is 28.8. The average molecular weight is 696 g/mol. The van der Waals surface area contributed by atoms with Crippen LogP contribution in [0.3, 0.4) is 0 Å². The Labute approximate surface area is 321 Å². The molecule has 0 saturated heterocycles. The Bertz CT molecular complexity index is 3160. The Morgan fingerprint density at radius 3 is 1.70 bits per heavy atom. The van der Waals surface area contributed by atoms with Crippen LogP contribution in [0.4, 0.5) is 0 Å². The van der Waals surface area contributed by atoms with E-state index in [2.05, 4.69) is 81.8 Å². The Balaban J connectivity index is 1.10. The van der Waals surface area contributed by atoms with Gasteiger partial charge in [-0.3, -0.25) is 8.97 Å². The van der Waals surface area contributed by atoms with Gasteiger partial charge in [-0.1, -0.05) is 145 Å². The highest BCUT2D eigenvalue weighted by Gasteiger charge is 2.17. The molecule has 0 unspecified atom stereocenters. The van der Waals surface area contributed by atoms with Crippen LogP contribution in [0.2, 0.25) is 0 Å². The predicted octanol–water partition coefficient (Wildman–Crippen LogP) is 12.7. The van der Waals surface area contributed by atoms with E-state index >= 15 is 0 Å². The van der Waals surface area contributed by atoms with Crippen molar-refractivity contribution in [2.45, 2.75) is 0 Å². The molecule has 0 spiro atoms. The molecule has 3 aromatic heterocycles. The lowest BCUT2D eigenvalue weighted by Crippen LogP contribution is -1.97. The fourth-order valence-electron chi connectivity index (χ4n) is 7.26. The van der Waals surface area contributed by atoms with Crippen LogP contribution in [-0.4, -0.2) is 18.9 Å². The molecule has 0 aliphatic rings. The molecule has 0 radical (unpaired) electrons. The van der Waals surface area contributed by atoms with Crippen molar-refractivity contribution >= 4 is 16.7 Å².